The molecule has 0 atom stereocenters. The number of aryl methyl sites for hydroxylation is 1. The van der Waals surface area contributed by atoms with Crippen LogP contribution >= 0.6 is 0 Å². The van der Waals surface area contributed by atoms with Gasteiger partial charge >= 0.3 is 5.97 Å². The van der Waals surface area contributed by atoms with E-state index < -0.39 is 5.97 Å². The van der Waals surface area contributed by atoms with Crippen LogP contribution in [-0.4, -0.2) is 38.2 Å². The Morgan fingerprint density at radius 2 is 1.72 bits per heavy atom. The standard InChI is InChI=1S/C31H25N5O3/c1-20-16-23(31(39)29(17-20)36-33-27-8-3-4-9-28(27)34-36)19-35(2)24-13-10-22(11-14-24)25-7-5-6-21(26(25)18-32)12-15-30(37)38/h3-17,39H,19H2,1-2H3,(H,37,38). The predicted molar refractivity (Wildman–Crippen MR) is 151 cm³/mol. The van der Waals surface area contributed by atoms with Gasteiger partial charge in [0.1, 0.15) is 28.5 Å². The summed E-state index contributed by atoms with van der Waals surface area (Å²) in [5.41, 5.74) is 7.17. The Kier molecular flexibility index (Phi) is 6.81. The Hall–Kier alpha value is -5.42. The largest absolute Gasteiger partial charge is 0.505 e. The van der Waals surface area contributed by atoms with E-state index in [4.69, 9.17) is 5.11 Å². The number of fused-ring (bicyclic) bond motifs is 1. The van der Waals surface area contributed by atoms with Crippen molar-refractivity contribution in [1.29, 1.82) is 5.26 Å². The van der Waals surface area contributed by atoms with E-state index in [9.17, 15) is 15.2 Å². The molecule has 0 unspecified atom stereocenters. The average Bonchev–Trinajstić information content (AvgIpc) is 3.37. The maximum absolute atomic E-state index is 11.1. The lowest BCUT2D eigenvalue weighted by Gasteiger charge is -2.21. The van der Waals surface area contributed by atoms with Gasteiger partial charge in [-0.25, -0.2) is 4.79 Å². The van der Waals surface area contributed by atoms with Crippen LogP contribution in [0, 0.1) is 18.3 Å². The van der Waals surface area contributed by atoms with Gasteiger partial charge in [-0.3, -0.25) is 0 Å². The Balaban J connectivity index is 1.41. The highest BCUT2D eigenvalue weighted by atomic mass is 16.4. The molecule has 8 heteroatoms. The first kappa shape index (κ1) is 25.2. The molecule has 0 radical (unpaired) electrons. The smallest absolute Gasteiger partial charge is 0.328 e. The van der Waals surface area contributed by atoms with Crippen LogP contribution < -0.4 is 4.90 Å². The predicted octanol–water partition coefficient (Wildman–Crippen LogP) is 5.71. The number of phenols is 1. The molecule has 0 fully saturated rings. The van der Waals surface area contributed by atoms with Gasteiger partial charge in [-0.15, -0.1) is 15.0 Å². The van der Waals surface area contributed by atoms with Gasteiger partial charge in [-0.05, 0) is 60.0 Å². The zero-order valence-corrected chi connectivity index (χ0v) is 21.4. The lowest BCUT2D eigenvalue weighted by Crippen LogP contribution is -2.17. The molecule has 0 amide bonds. The first-order chi connectivity index (χ1) is 18.8. The summed E-state index contributed by atoms with van der Waals surface area (Å²) in [6.07, 6.45) is 2.45. The van der Waals surface area contributed by atoms with Gasteiger partial charge in [0.25, 0.3) is 0 Å². The van der Waals surface area contributed by atoms with Gasteiger partial charge < -0.3 is 15.1 Å². The molecule has 0 aliphatic carbocycles. The number of rotatable bonds is 7. The second kappa shape index (κ2) is 10.5. The second-order valence-corrected chi connectivity index (χ2v) is 9.23. The fraction of sp³-hybridized carbons (Fsp3) is 0.0968. The molecule has 5 rings (SSSR count). The normalized spacial score (nSPS) is 11.1. The molecular weight excluding hydrogens is 490 g/mol. The van der Waals surface area contributed by atoms with Crippen molar-refractivity contribution < 1.29 is 15.0 Å². The summed E-state index contributed by atoms with van der Waals surface area (Å²) in [6.45, 7) is 2.41. The summed E-state index contributed by atoms with van der Waals surface area (Å²) in [6, 6.07) is 26.7. The van der Waals surface area contributed by atoms with Gasteiger partial charge in [-0.2, -0.15) is 5.26 Å². The van der Waals surface area contributed by atoms with E-state index >= 15 is 0 Å². The van der Waals surface area contributed by atoms with Crippen LogP contribution in [-0.2, 0) is 11.3 Å². The lowest BCUT2D eigenvalue weighted by atomic mass is 9.95. The number of carboxylic acid groups (broad SMARTS) is 1. The summed E-state index contributed by atoms with van der Waals surface area (Å²) in [5, 5.41) is 38.9. The van der Waals surface area contributed by atoms with Crippen molar-refractivity contribution in [3.8, 4) is 28.6 Å². The van der Waals surface area contributed by atoms with E-state index in [1.165, 1.54) is 10.9 Å². The van der Waals surface area contributed by atoms with Crippen molar-refractivity contribution in [2.45, 2.75) is 13.5 Å². The molecule has 5 aromatic rings. The lowest BCUT2D eigenvalue weighted by molar-refractivity contribution is -0.131. The zero-order chi connectivity index (χ0) is 27.5. The molecule has 0 aliphatic rings. The van der Waals surface area contributed by atoms with E-state index in [0.29, 0.717) is 23.4 Å². The maximum Gasteiger partial charge on any atom is 0.328 e. The maximum atomic E-state index is 11.1. The third-order valence-electron chi connectivity index (χ3n) is 6.46. The molecule has 2 N–H and O–H groups in total. The number of phenolic OH excluding ortho intramolecular Hbond substituents is 1. The highest BCUT2D eigenvalue weighted by Gasteiger charge is 2.16. The van der Waals surface area contributed by atoms with E-state index in [2.05, 4.69) is 16.3 Å². The fourth-order valence-electron chi connectivity index (χ4n) is 4.55. The quantitative estimate of drug-likeness (QED) is 0.267. The van der Waals surface area contributed by atoms with Gasteiger partial charge in [0.15, 0.2) is 0 Å². The minimum Gasteiger partial charge on any atom is -0.505 e. The van der Waals surface area contributed by atoms with Crippen LogP contribution in [0.1, 0.15) is 22.3 Å². The Bertz CT molecular complexity index is 1730. The minimum absolute atomic E-state index is 0.120. The second-order valence-electron chi connectivity index (χ2n) is 9.23. The Morgan fingerprint density at radius 3 is 2.36 bits per heavy atom. The van der Waals surface area contributed by atoms with Crippen molar-refractivity contribution in [3.05, 3.63) is 107 Å². The molecule has 0 spiro atoms. The van der Waals surface area contributed by atoms with Gasteiger partial charge in [0.05, 0.1) is 5.56 Å². The molecule has 0 saturated heterocycles. The van der Waals surface area contributed by atoms with Crippen LogP contribution in [0.25, 0.3) is 33.9 Å². The van der Waals surface area contributed by atoms with E-state index in [1.54, 1.807) is 12.1 Å². The number of carboxylic acids is 1. The molecule has 0 aliphatic heterocycles. The summed E-state index contributed by atoms with van der Waals surface area (Å²) in [5.74, 6) is -0.952. The topological polar surface area (TPSA) is 115 Å². The van der Waals surface area contributed by atoms with Crippen molar-refractivity contribution in [3.63, 3.8) is 0 Å². The highest BCUT2D eigenvalue weighted by molar-refractivity contribution is 5.87. The number of aromatic hydroxyl groups is 1. The van der Waals surface area contributed by atoms with Crippen LogP contribution in [0.5, 0.6) is 5.75 Å². The van der Waals surface area contributed by atoms with E-state index in [0.717, 1.165) is 45.1 Å². The number of carbonyl (C=O) groups is 1. The molecule has 1 heterocycles. The van der Waals surface area contributed by atoms with Crippen LogP contribution in [0.4, 0.5) is 5.69 Å². The molecular formula is C31H25N5O3. The van der Waals surface area contributed by atoms with Crippen LogP contribution in [0.2, 0.25) is 0 Å². The van der Waals surface area contributed by atoms with Gasteiger partial charge in [-0.1, -0.05) is 48.5 Å². The minimum atomic E-state index is -1.07. The summed E-state index contributed by atoms with van der Waals surface area (Å²) in [7, 11) is 1.94. The Morgan fingerprint density at radius 1 is 1.03 bits per heavy atom. The highest BCUT2D eigenvalue weighted by Crippen LogP contribution is 2.32. The third kappa shape index (κ3) is 5.20. The van der Waals surface area contributed by atoms with Crippen molar-refractivity contribution >= 4 is 28.8 Å². The van der Waals surface area contributed by atoms with Crippen molar-refractivity contribution in [2.24, 2.45) is 0 Å². The number of nitriles is 1. The molecule has 1 aromatic heterocycles. The summed E-state index contributed by atoms with van der Waals surface area (Å²) < 4.78 is 0. The van der Waals surface area contributed by atoms with Crippen LogP contribution in [0.3, 0.4) is 0 Å². The third-order valence-corrected chi connectivity index (χ3v) is 6.46. The number of aromatic nitrogens is 3. The number of hydrogen-bond acceptors (Lipinski definition) is 6. The van der Waals surface area contributed by atoms with Crippen LogP contribution in [0.15, 0.2) is 84.9 Å². The SMILES string of the molecule is Cc1cc(CN(C)c2ccc(-c3cccc(C=CC(=O)O)c3C#N)cc2)c(O)c(-n2nc3ccccc3n2)c1. The molecule has 192 valence electrons. The fourth-order valence-corrected chi connectivity index (χ4v) is 4.55. The number of nitrogens with zero attached hydrogens (tertiary/aromatic N) is 5. The molecule has 0 saturated carbocycles. The summed E-state index contributed by atoms with van der Waals surface area (Å²) >= 11 is 0. The number of benzene rings is 4. The molecule has 4 aromatic carbocycles. The number of anilines is 1. The first-order valence-electron chi connectivity index (χ1n) is 12.2. The molecule has 39 heavy (non-hydrogen) atoms. The van der Waals surface area contributed by atoms with Crippen molar-refractivity contribution in [1.82, 2.24) is 15.0 Å². The Labute approximate surface area is 225 Å². The van der Waals surface area contributed by atoms with Gasteiger partial charge in [0.2, 0.25) is 0 Å². The molecule has 0 bridgehead atoms. The summed E-state index contributed by atoms with van der Waals surface area (Å²) in [4.78, 5) is 14.4. The first-order valence-corrected chi connectivity index (χ1v) is 12.2. The number of aliphatic carboxylic acids is 1. The number of hydrogen-bond donors (Lipinski definition) is 2. The van der Waals surface area contributed by atoms with E-state index in [1.807, 2.05) is 85.6 Å². The zero-order valence-electron chi connectivity index (χ0n) is 21.4. The average molecular weight is 516 g/mol. The van der Waals surface area contributed by atoms with Crippen molar-refractivity contribution in [2.75, 3.05) is 11.9 Å². The van der Waals surface area contributed by atoms with Gasteiger partial charge in [0, 0.05) is 36.5 Å². The molecule has 8 nitrogen and oxygen atoms in total. The van der Waals surface area contributed by atoms with E-state index in [-0.39, 0.29) is 5.75 Å². The monoisotopic (exact) mass is 515 g/mol.